The average molecular weight is 307 g/mol. The highest BCUT2D eigenvalue weighted by Crippen LogP contribution is 2.42. The fraction of sp³-hybridized carbons (Fsp3) is 0.833. The zero-order chi connectivity index (χ0) is 14.7. The zero-order valence-electron chi connectivity index (χ0n) is 13.7. The summed E-state index contributed by atoms with van der Waals surface area (Å²) in [5, 5.41) is 5.27. The lowest BCUT2D eigenvalue weighted by Crippen LogP contribution is -2.42. The number of nitrogens with one attached hydrogen (secondary N) is 1. The Labute approximate surface area is 133 Å². The molecule has 21 heavy (non-hydrogen) atoms. The monoisotopic (exact) mass is 306 g/mol. The quantitative estimate of drug-likeness (QED) is 0.807. The van der Waals surface area contributed by atoms with Gasteiger partial charge in [0.1, 0.15) is 5.01 Å². The molecule has 0 radical (unpaired) electrons. The van der Waals surface area contributed by atoms with E-state index in [1.54, 1.807) is 4.88 Å². The van der Waals surface area contributed by atoms with Crippen LogP contribution in [-0.2, 0) is 18.4 Å². The Morgan fingerprint density at radius 2 is 2.00 bits per heavy atom. The van der Waals surface area contributed by atoms with Crippen LogP contribution >= 0.6 is 11.3 Å². The largest absolute Gasteiger partial charge is 0.306 e. The first-order valence-corrected chi connectivity index (χ1v) is 9.83. The summed E-state index contributed by atoms with van der Waals surface area (Å²) in [6, 6.07) is 0. The molecule has 1 N–H and O–H groups in total. The van der Waals surface area contributed by atoms with Gasteiger partial charge in [0.25, 0.3) is 0 Å². The highest BCUT2D eigenvalue weighted by molar-refractivity contribution is 7.11. The van der Waals surface area contributed by atoms with Gasteiger partial charge >= 0.3 is 0 Å². The molecule has 0 saturated heterocycles. The lowest BCUT2D eigenvalue weighted by molar-refractivity contribution is 0.289. The first kappa shape index (κ1) is 15.5. The molecule has 2 aliphatic carbocycles. The van der Waals surface area contributed by atoms with Gasteiger partial charge in [-0.3, -0.25) is 0 Å². The van der Waals surface area contributed by atoms with Gasteiger partial charge < -0.3 is 5.32 Å². The predicted octanol–water partition coefficient (Wildman–Crippen LogP) is 4.82. The van der Waals surface area contributed by atoms with E-state index in [2.05, 4.69) is 19.2 Å². The van der Waals surface area contributed by atoms with Crippen molar-refractivity contribution in [3.63, 3.8) is 0 Å². The van der Waals surface area contributed by atoms with Crippen LogP contribution in [0.3, 0.4) is 0 Å². The molecule has 1 fully saturated rings. The maximum absolute atomic E-state index is 5.11. The second kappa shape index (κ2) is 6.78. The number of thiazole rings is 1. The minimum Gasteiger partial charge on any atom is -0.306 e. The maximum Gasteiger partial charge on any atom is 0.113 e. The average Bonchev–Trinajstić information content (AvgIpc) is 2.84. The topological polar surface area (TPSA) is 24.9 Å². The zero-order valence-corrected chi connectivity index (χ0v) is 14.5. The van der Waals surface area contributed by atoms with Crippen molar-refractivity contribution >= 4 is 11.3 Å². The number of aryl methyl sites for hydroxylation is 2. The van der Waals surface area contributed by atoms with Gasteiger partial charge in [-0.1, -0.05) is 33.1 Å². The van der Waals surface area contributed by atoms with Crippen LogP contribution < -0.4 is 5.32 Å². The summed E-state index contributed by atoms with van der Waals surface area (Å²) in [5.74, 6) is 0.931. The van der Waals surface area contributed by atoms with Crippen LogP contribution in [0.4, 0.5) is 0 Å². The van der Waals surface area contributed by atoms with Crippen molar-refractivity contribution < 1.29 is 0 Å². The van der Waals surface area contributed by atoms with E-state index in [9.17, 15) is 0 Å². The van der Waals surface area contributed by atoms with Gasteiger partial charge in [0.2, 0.25) is 0 Å². The molecule has 0 aliphatic heterocycles. The molecule has 118 valence electrons. The minimum absolute atomic E-state index is 0.181. The van der Waals surface area contributed by atoms with Gasteiger partial charge in [-0.05, 0) is 57.4 Å². The molecule has 0 bridgehead atoms. The van der Waals surface area contributed by atoms with E-state index < -0.39 is 0 Å². The van der Waals surface area contributed by atoms with Crippen molar-refractivity contribution in [3.8, 4) is 0 Å². The van der Waals surface area contributed by atoms with Gasteiger partial charge in [-0.2, -0.15) is 0 Å². The van der Waals surface area contributed by atoms with Crippen molar-refractivity contribution in [2.24, 2.45) is 5.92 Å². The summed E-state index contributed by atoms with van der Waals surface area (Å²) in [6.07, 6.45) is 13.2. The smallest absolute Gasteiger partial charge is 0.113 e. The minimum atomic E-state index is 0.181. The molecule has 2 unspecified atom stereocenters. The summed E-state index contributed by atoms with van der Waals surface area (Å²) in [5.41, 5.74) is 1.61. The van der Waals surface area contributed by atoms with Crippen molar-refractivity contribution in [1.29, 1.82) is 0 Å². The third-order valence-corrected chi connectivity index (χ3v) is 6.90. The molecule has 1 heterocycles. The number of nitrogens with zero attached hydrogens (tertiary/aromatic N) is 1. The van der Waals surface area contributed by atoms with E-state index in [4.69, 9.17) is 4.98 Å². The van der Waals surface area contributed by atoms with Crippen molar-refractivity contribution in [3.05, 3.63) is 15.6 Å². The molecule has 2 atom stereocenters. The Balaban J connectivity index is 1.87. The molecule has 1 aromatic rings. The summed E-state index contributed by atoms with van der Waals surface area (Å²) >= 11 is 2.03. The molecule has 2 aliphatic rings. The molecular weight excluding hydrogens is 276 g/mol. The summed E-state index contributed by atoms with van der Waals surface area (Å²) in [7, 11) is 0. The van der Waals surface area contributed by atoms with Gasteiger partial charge in [0.05, 0.1) is 11.2 Å². The summed E-state index contributed by atoms with van der Waals surface area (Å²) in [4.78, 5) is 6.70. The second-order valence-electron chi connectivity index (χ2n) is 6.91. The molecule has 3 rings (SSSR count). The number of hydrogen-bond acceptors (Lipinski definition) is 3. The lowest BCUT2D eigenvalue weighted by atomic mass is 9.89. The normalized spacial score (nSPS) is 29.9. The molecule has 1 saturated carbocycles. The number of fused-ring (bicyclic) bond motifs is 1. The summed E-state index contributed by atoms with van der Waals surface area (Å²) < 4.78 is 0. The number of aromatic nitrogens is 1. The molecule has 2 nitrogen and oxygen atoms in total. The van der Waals surface area contributed by atoms with E-state index in [1.165, 1.54) is 74.9 Å². The highest BCUT2D eigenvalue weighted by Gasteiger charge is 2.37. The van der Waals surface area contributed by atoms with E-state index >= 15 is 0 Å². The van der Waals surface area contributed by atoms with Crippen LogP contribution in [0.2, 0.25) is 0 Å². The Morgan fingerprint density at radius 1 is 1.14 bits per heavy atom. The fourth-order valence-electron chi connectivity index (χ4n) is 4.18. The van der Waals surface area contributed by atoms with E-state index in [0.717, 1.165) is 12.5 Å². The van der Waals surface area contributed by atoms with Crippen LogP contribution in [0.15, 0.2) is 0 Å². The first-order valence-electron chi connectivity index (χ1n) is 9.01. The Morgan fingerprint density at radius 3 is 2.76 bits per heavy atom. The van der Waals surface area contributed by atoms with Gasteiger partial charge in [0.15, 0.2) is 0 Å². The standard InChI is InChI=1S/C18H30N2S/c1-3-14-8-7-12-18(13-11-14,19-4-2)17-20-15-9-5-6-10-16(15)21-17/h14,19H,3-13H2,1-2H3. The first-order chi connectivity index (χ1) is 10.3. The fourth-order valence-corrected chi connectivity index (χ4v) is 5.55. The van der Waals surface area contributed by atoms with Gasteiger partial charge in [-0.25, -0.2) is 4.98 Å². The van der Waals surface area contributed by atoms with Crippen LogP contribution in [0, 0.1) is 5.92 Å². The summed E-state index contributed by atoms with van der Waals surface area (Å²) in [6.45, 7) is 5.66. The third kappa shape index (κ3) is 3.19. The van der Waals surface area contributed by atoms with E-state index in [0.29, 0.717) is 0 Å². The van der Waals surface area contributed by atoms with Crippen LogP contribution in [0.25, 0.3) is 0 Å². The van der Waals surface area contributed by atoms with Gasteiger partial charge in [0, 0.05) is 4.88 Å². The van der Waals surface area contributed by atoms with E-state index in [-0.39, 0.29) is 5.54 Å². The van der Waals surface area contributed by atoms with Crippen molar-refractivity contribution in [2.45, 2.75) is 83.6 Å². The van der Waals surface area contributed by atoms with Crippen molar-refractivity contribution in [1.82, 2.24) is 10.3 Å². The van der Waals surface area contributed by atoms with Crippen LogP contribution in [0.5, 0.6) is 0 Å². The third-order valence-electron chi connectivity index (χ3n) is 5.54. The van der Waals surface area contributed by atoms with Crippen LogP contribution in [-0.4, -0.2) is 11.5 Å². The Bertz CT molecular complexity index is 444. The van der Waals surface area contributed by atoms with Gasteiger partial charge in [-0.15, -0.1) is 11.3 Å². The highest BCUT2D eigenvalue weighted by atomic mass is 32.1. The molecule has 0 amide bonds. The Kier molecular flexibility index (Phi) is 5.00. The molecule has 0 aromatic carbocycles. The molecular formula is C18H30N2S. The number of rotatable bonds is 4. The SMILES string of the molecule is CCNC1(c2nc3c(s2)CCCC3)CCCC(CC)CC1. The number of hydrogen-bond donors (Lipinski definition) is 1. The maximum atomic E-state index is 5.11. The molecule has 1 aromatic heterocycles. The molecule has 3 heteroatoms. The predicted molar refractivity (Wildman–Crippen MR) is 91.0 cm³/mol. The van der Waals surface area contributed by atoms with Crippen molar-refractivity contribution in [2.75, 3.05) is 6.54 Å². The molecule has 0 spiro atoms. The van der Waals surface area contributed by atoms with E-state index in [1.807, 2.05) is 11.3 Å². The Hall–Kier alpha value is -0.410. The van der Waals surface area contributed by atoms with Crippen LogP contribution in [0.1, 0.15) is 80.8 Å². The second-order valence-corrected chi connectivity index (χ2v) is 8.00. The lowest BCUT2D eigenvalue weighted by Gasteiger charge is -2.32.